The molecule has 108 valence electrons. The molecule has 1 aliphatic carbocycles. The van der Waals surface area contributed by atoms with Gasteiger partial charge < -0.3 is 5.32 Å². The van der Waals surface area contributed by atoms with E-state index in [2.05, 4.69) is 26.1 Å². The third-order valence-corrected chi connectivity index (χ3v) is 5.18. The first kappa shape index (κ1) is 16.0. The molecule has 18 heavy (non-hydrogen) atoms. The van der Waals surface area contributed by atoms with E-state index in [4.69, 9.17) is 0 Å². The standard InChI is InChI=1S/C14H29NO2S/c1-11(10-18(5,16)17)9-15-13-6-7-14(3,4)8-12(13)2/h11-13,15H,6-10H2,1-5H3. The van der Waals surface area contributed by atoms with Crippen molar-refractivity contribution in [3.05, 3.63) is 0 Å². The van der Waals surface area contributed by atoms with Crippen LogP contribution in [0.15, 0.2) is 0 Å². The fourth-order valence-electron chi connectivity index (χ4n) is 3.18. The minimum absolute atomic E-state index is 0.196. The van der Waals surface area contributed by atoms with Gasteiger partial charge >= 0.3 is 0 Å². The van der Waals surface area contributed by atoms with E-state index < -0.39 is 9.84 Å². The second-order valence-electron chi connectivity index (χ2n) is 7.10. The summed E-state index contributed by atoms with van der Waals surface area (Å²) in [5.41, 5.74) is 0.468. The van der Waals surface area contributed by atoms with Crippen LogP contribution in [0.25, 0.3) is 0 Å². The highest BCUT2D eigenvalue weighted by Crippen LogP contribution is 2.38. The van der Waals surface area contributed by atoms with Crippen LogP contribution in [0.1, 0.15) is 47.0 Å². The molecule has 3 atom stereocenters. The molecule has 0 amide bonds. The molecule has 0 saturated heterocycles. The van der Waals surface area contributed by atoms with E-state index in [1.807, 2.05) is 6.92 Å². The van der Waals surface area contributed by atoms with Gasteiger partial charge in [0.1, 0.15) is 9.84 Å². The van der Waals surface area contributed by atoms with Crippen LogP contribution in [0.5, 0.6) is 0 Å². The first-order valence-corrected chi connectivity index (χ1v) is 9.06. The first-order valence-electron chi connectivity index (χ1n) is 7.00. The maximum Gasteiger partial charge on any atom is 0.147 e. The van der Waals surface area contributed by atoms with Gasteiger partial charge in [0.25, 0.3) is 0 Å². The van der Waals surface area contributed by atoms with Gasteiger partial charge in [-0.2, -0.15) is 0 Å². The molecule has 0 aromatic heterocycles. The summed E-state index contributed by atoms with van der Waals surface area (Å²) in [6.45, 7) is 9.80. The zero-order chi connectivity index (χ0) is 14.0. The van der Waals surface area contributed by atoms with Crippen molar-refractivity contribution in [1.29, 1.82) is 0 Å². The largest absolute Gasteiger partial charge is 0.313 e. The van der Waals surface area contributed by atoms with Crippen molar-refractivity contribution < 1.29 is 8.42 Å². The maximum atomic E-state index is 11.2. The Morgan fingerprint density at radius 2 is 2.00 bits per heavy atom. The molecule has 1 N–H and O–H groups in total. The van der Waals surface area contributed by atoms with Crippen LogP contribution in [-0.4, -0.2) is 33.0 Å². The minimum Gasteiger partial charge on any atom is -0.313 e. The lowest BCUT2D eigenvalue weighted by Crippen LogP contribution is -2.43. The van der Waals surface area contributed by atoms with Gasteiger partial charge in [-0.25, -0.2) is 8.42 Å². The SMILES string of the molecule is CC(CNC1CCC(C)(C)CC1C)CS(C)(=O)=O. The number of rotatable bonds is 5. The summed E-state index contributed by atoms with van der Waals surface area (Å²) in [5, 5.41) is 3.57. The van der Waals surface area contributed by atoms with E-state index >= 15 is 0 Å². The molecule has 1 fully saturated rings. The minimum atomic E-state index is -2.85. The van der Waals surface area contributed by atoms with Crippen LogP contribution in [0.4, 0.5) is 0 Å². The summed E-state index contributed by atoms with van der Waals surface area (Å²) in [5.74, 6) is 1.16. The van der Waals surface area contributed by atoms with Crippen LogP contribution in [0.2, 0.25) is 0 Å². The highest BCUT2D eigenvalue weighted by molar-refractivity contribution is 7.90. The molecule has 0 radical (unpaired) electrons. The van der Waals surface area contributed by atoms with E-state index in [1.54, 1.807) is 0 Å². The fraction of sp³-hybridized carbons (Fsp3) is 1.00. The molecule has 0 spiro atoms. The molecule has 4 heteroatoms. The number of sulfone groups is 1. The summed E-state index contributed by atoms with van der Waals surface area (Å²) < 4.78 is 22.4. The van der Waals surface area contributed by atoms with Crippen molar-refractivity contribution in [2.45, 2.75) is 53.0 Å². The third-order valence-electron chi connectivity index (χ3n) is 4.01. The predicted octanol–water partition coefficient (Wildman–Crippen LogP) is 2.47. The smallest absolute Gasteiger partial charge is 0.147 e. The average molecular weight is 275 g/mol. The summed E-state index contributed by atoms with van der Waals surface area (Å²) in [6.07, 6.45) is 5.04. The normalized spacial score (nSPS) is 30.1. The lowest BCUT2D eigenvalue weighted by Gasteiger charge is -2.40. The molecule has 0 aromatic carbocycles. The van der Waals surface area contributed by atoms with Crippen LogP contribution < -0.4 is 5.32 Å². The predicted molar refractivity (Wildman–Crippen MR) is 77.5 cm³/mol. The summed E-state index contributed by atoms with van der Waals surface area (Å²) in [6, 6.07) is 0.556. The third kappa shape index (κ3) is 5.70. The second kappa shape index (κ2) is 5.91. The topological polar surface area (TPSA) is 46.2 Å². The Kier molecular flexibility index (Phi) is 5.24. The highest BCUT2D eigenvalue weighted by atomic mass is 32.2. The zero-order valence-electron chi connectivity index (χ0n) is 12.5. The van der Waals surface area contributed by atoms with Gasteiger partial charge in [-0.3, -0.25) is 0 Å². The monoisotopic (exact) mass is 275 g/mol. The Labute approximate surface area is 113 Å². The van der Waals surface area contributed by atoms with Crippen LogP contribution in [-0.2, 0) is 9.84 Å². The average Bonchev–Trinajstić information content (AvgIpc) is 2.12. The van der Waals surface area contributed by atoms with Gasteiger partial charge in [-0.15, -0.1) is 0 Å². The molecule has 1 saturated carbocycles. The quantitative estimate of drug-likeness (QED) is 0.838. The van der Waals surface area contributed by atoms with Crippen molar-refractivity contribution in [2.75, 3.05) is 18.6 Å². The number of hydrogen-bond donors (Lipinski definition) is 1. The Balaban J connectivity index is 2.36. The first-order chi connectivity index (χ1) is 8.09. The van der Waals surface area contributed by atoms with E-state index in [0.29, 0.717) is 17.4 Å². The summed E-state index contributed by atoms with van der Waals surface area (Å²) >= 11 is 0. The Morgan fingerprint density at radius 1 is 1.39 bits per heavy atom. The van der Waals surface area contributed by atoms with Crippen molar-refractivity contribution in [2.24, 2.45) is 17.3 Å². The molecule has 0 bridgehead atoms. The summed E-state index contributed by atoms with van der Waals surface area (Å²) in [4.78, 5) is 0. The Morgan fingerprint density at radius 3 is 2.50 bits per heavy atom. The van der Waals surface area contributed by atoms with Crippen LogP contribution >= 0.6 is 0 Å². The Hall–Kier alpha value is -0.0900. The molecule has 3 unspecified atom stereocenters. The van der Waals surface area contributed by atoms with Crippen molar-refractivity contribution in [3.63, 3.8) is 0 Å². The number of nitrogens with one attached hydrogen (secondary N) is 1. The van der Waals surface area contributed by atoms with Crippen LogP contribution in [0, 0.1) is 17.3 Å². The zero-order valence-corrected chi connectivity index (χ0v) is 13.3. The van der Waals surface area contributed by atoms with E-state index in [-0.39, 0.29) is 11.7 Å². The molecular weight excluding hydrogens is 246 g/mol. The highest BCUT2D eigenvalue weighted by Gasteiger charge is 2.32. The van der Waals surface area contributed by atoms with Crippen molar-refractivity contribution in [3.8, 4) is 0 Å². The number of hydrogen-bond acceptors (Lipinski definition) is 3. The van der Waals surface area contributed by atoms with Crippen molar-refractivity contribution >= 4 is 9.84 Å². The lowest BCUT2D eigenvalue weighted by atomic mass is 9.70. The lowest BCUT2D eigenvalue weighted by molar-refractivity contribution is 0.147. The maximum absolute atomic E-state index is 11.2. The van der Waals surface area contributed by atoms with Gasteiger partial charge in [0.15, 0.2) is 0 Å². The molecular formula is C14H29NO2S. The molecule has 0 aromatic rings. The molecule has 1 rings (SSSR count). The van der Waals surface area contributed by atoms with Gasteiger partial charge in [0.05, 0.1) is 5.75 Å². The summed E-state index contributed by atoms with van der Waals surface area (Å²) in [7, 11) is -2.85. The van der Waals surface area contributed by atoms with Crippen molar-refractivity contribution in [1.82, 2.24) is 5.32 Å². The van der Waals surface area contributed by atoms with E-state index in [9.17, 15) is 8.42 Å². The molecule has 3 nitrogen and oxygen atoms in total. The fourth-order valence-corrected chi connectivity index (χ4v) is 4.33. The van der Waals surface area contributed by atoms with Gasteiger partial charge in [-0.1, -0.05) is 27.7 Å². The van der Waals surface area contributed by atoms with Gasteiger partial charge in [-0.05, 0) is 43.1 Å². The van der Waals surface area contributed by atoms with Gasteiger partial charge in [0, 0.05) is 12.3 Å². The molecule has 1 aliphatic rings. The van der Waals surface area contributed by atoms with E-state index in [0.717, 1.165) is 6.54 Å². The Bertz CT molecular complexity index is 362. The van der Waals surface area contributed by atoms with E-state index in [1.165, 1.54) is 25.5 Å². The molecule has 0 aliphatic heterocycles. The van der Waals surface area contributed by atoms with Gasteiger partial charge in [0.2, 0.25) is 0 Å². The van der Waals surface area contributed by atoms with Crippen LogP contribution in [0.3, 0.4) is 0 Å². The molecule has 0 heterocycles. The second-order valence-corrected chi connectivity index (χ2v) is 9.28.